The molecule has 0 saturated carbocycles. The van der Waals surface area contributed by atoms with Crippen molar-refractivity contribution < 1.29 is 18.0 Å². The van der Waals surface area contributed by atoms with Crippen molar-refractivity contribution in [3.63, 3.8) is 0 Å². The van der Waals surface area contributed by atoms with Crippen LogP contribution in [0.15, 0.2) is 41.4 Å². The minimum absolute atomic E-state index is 0.0335. The number of anilines is 1. The molecule has 118 valence electrons. The van der Waals surface area contributed by atoms with E-state index in [0.717, 1.165) is 16.1 Å². The molecule has 1 unspecified atom stereocenters. The first-order valence-corrected chi connectivity index (χ1v) is 8.71. The molecule has 1 aliphatic rings. The van der Waals surface area contributed by atoms with Gasteiger partial charge < -0.3 is 10.6 Å². The number of hydrogen-bond acceptors (Lipinski definition) is 5. The van der Waals surface area contributed by atoms with Gasteiger partial charge in [0, 0.05) is 25.2 Å². The highest BCUT2D eigenvalue weighted by Crippen LogP contribution is 2.30. The predicted molar refractivity (Wildman–Crippen MR) is 85.7 cm³/mol. The van der Waals surface area contributed by atoms with Gasteiger partial charge in [-0.2, -0.15) is 0 Å². The van der Waals surface area contributed by atoms with Crippen molar-refractivity contribution in [2.45, 2.75) is 4.58 Å². The zero-order valence-electron chi connectivity index (χ0n) is 11.9. The van der Waals surface area contributed by atoms with E-state index in [4.69, 9.17) is 0 Å². The summed E-state index contributed by atoms with van der Waals surface area (Å²) in [5.41, 5.74) is 0.532. The van der Waals surface area contributed by atoms with Gasteiger partial charge in [-0.1, -0.05) is 18.2 Å². The average Bonchev–Trinajstić information content (AvgIpc) is 2.81. The van der Waals surface area contributed by atoms with Crippen LogP contribution in [0.3, 0.4) is 0 Å². The van der Waals surface area contributed by atoms with Crippen LogP contribution < -0.4 is 10.6 Å². The van der Waals surface area contributed by atoms with Crippen LogP contribution in [0.4, 0.5) is 10.5 Å². The molecule has 0 fully saturated rings. The average molecular weight is 341 g/mol. The number of thioether (sulfide) groups is 1. The number of carbonyl (C=O) groups is 2. The van der Waals surface area contributed by atoms with Crippen molar-refractivity contribution >= 4 is 39.3 Å². The van der Waals surface area contributed by atoms with E-state index in [1.165, 1.54) is 19.5 Å². The summed E-state index contributed by atoms with van der Waals surface area (Å²) >= 11 is 0.858. The van der Waals surface area contributed by atoms with Crippen LogP contribution in [0, 0.1) is 0 Å². The van der Waals surface area contributed by atoms with E-state index in [0.29, 0.717) is 5.69 Å². The van der Waals surface area contributed by atoms with Crippen LogP contribution in [0.5, 0.6) is 0 Å². The Hall–Kier alpha value is -1.84. The third-order valence-electron chi connectivity index (χ3n) is 2.85. The molecule has 7 nitrogen and oxygen atoms in total. The third kappa shape index (κ3) is 3.49. The number of nitrogens with zero attached hydrogens (tertiary/aromatic N) is 1. The zero-order valence-corrected chi connectivity index (χ0v) is 13.6. The second-order valence-corrected chi connectivity index (χ2v) is 8.15. The van der Waals surface area contributed by atoms with E-state index >= 15 is 0 Å². The Balaban J connectivity index is 2.01. The van der Waals surface area contributed by atoms with E-state index in [1.54, 1.807) is 30.3 Å². The monoisotopic (exact) mass is 341 g/mol. The van der Waals surface area contributed by atoms with Gasteiger partial charge in [0.25, 0.3) is 0 Å². The maximum atomic E-state index is 12.1. The molecule has 1 atom stereocenters. The van der Waals surface area contributed by atoms with Gasteiger partial charge in [0.05, 0.1) is 5.70 Å². The maximum absolute atomic E-state index is 12.1. The van der Waals surface area contributed by atoms with Crippen LogP contribution in [0.25, 0.3) is 0 Å². The molecule has 22 heavy (non-hydrogen) atoms. The lowest BCUT2D eigenvalue weighted by atomic mass is 10.3. The van der Waals surface area contributed by atoms with Crippen LogP contribution >= 0.6 is 11.8 Å². The Morgan fingerprint density at radius 1 is 1.18 bits per heavy atom. The Bertz CT molecular complexity index is 714. The SMILES string of the molecule is CN(C)S(=O)(=O)C1SC=C(NC(=O)Nc2ccccc2)C1=O. The van der Waals surface area contributed by atoms with E-state index in [1.807, 2.05) is 0 Å². The summed E-state index contributed by atoms with van der Waals surface area (Å²) in [5, 5.41) is 6.28. The number of sulfonamides is 1. The second kappa shape index (κ2) is 6.51. The summed E-state index contributed by atoms with van der Waals surface area (Å²) < 4.78 is 23.7. The van der Waals surface area contributed by atoms with Gasteiger partial charge in [0.1, 0.15) is 0 Å². The van der Waals surface area contributed by atoms with E-state index in [2.05, 4.69) is 10.6 Å². The van der Waals surface area contributed by atoms with Gasteiger partial charge in [0.2, 0.25) is 15.8 Å². The fourth-order valence-corrected chi connectivity index (χ4v) is 4.38. The van der Waals surface area contributed by atoms with Crippen molar-refractivity contribution in [3.8, 4) is 0 Å². The molecule has 0 radical (unpaired) electrons. The van der Waals surface area contributed by atoms with Gasteiger partial charge in [-0.05, 0) is 12.1 Å². The lowest BCUT2D eigenvalue weighted by molar-refractivity contribution is -0.114. The third-order valence-corrected chi connectivity index (χ3v) is 6.52. The Kier molecular flexibility index (Phi) is 4.89. The fourth-order valence-electron chi connectivity index (χ4n) is 1.67. The highest BCUT2D eigenvalue weighted by molar-refractivity contribution is 8.16. The Morgan fingerprint density at radius 2 is 1.82 bits per heavy atom. The van der Waals surface area contributed by atoms with E-state index < -0.39 is 26.4 Å². The number of carbonyl (C=O) groups excluding carboxylic acids is 2. The number of hydrogen-bond donors (Lipinski definition) is 2. The number of ketones is 1. The van der Waals surface area contributed by atoms with Crippen molar-refractivity contribution in [3.05, 3.63) is 41.4 Å². The molecule has 0 aromatic heterocycles. The molecule has 2 amide bonds. The number of urea groups is 1. The second-order valence-electron chi connectivity index (χ2n) is 4.64. The van der Waals surface area contributed by atoms with Crippen molar-refractivity contribution in [2.75, 3.05) is 19.4 Å². The smallest absolute Gasteiger partial charge is 0.308 e. The molecule has 1 aliphatic heterocycles. The van der Waals surface area contributed by atoms with Crippen LogP contribution in [0.2, 0.25) is 0 Å². The summed E-state index contributed by atoms with van der Waals surface area (Å²) in [4.78, 5) is 23.9. The number of rotatable bonds is 4. The highest BCUT2D eigenvalue weighted by Gasteiger charge is 2.40. The molecule has 0 aliphatic carbocycles. The molecular formula is C13H15N3O4S2. The first-order valence-electron chi connectivity index (χ1n) is 6.26. The van der Waals surface area contributed by atoms with Gasteiger partial charge in [-0.25, -0.2) is 17.5 Å². The maximum Gasteiger partial charge on any atom is 0.323 e. The topological polar surface area (TPSA) is 95.6 Å². The first kappa shape index (κ1) is 16.5. The van der Waals surface area contributed by atoms with Gasteiger partial charge in [0.15, 0.2) is 4.58 Å². The van der Waals surface area contributed by atoms with Crippen molar-refractivity contribution in [2.24, 2.45) is 0 Å². The number of amides is 2. The quantitative estimate of drug-likeness (QED) is 0.857. The summed E-state index contributed by atoms with van der Waals surface area (Å²) in [7, 11) is -1.01. The minimum Gasteiger partial charge on any atom is -0.308 e. The minimum atomic E-state index is -3.73. The molecule has 2 rings (SSSR count). The summed E-state index contributed by atoms with van der Waals surface area (Å²) in [6, 6.07) is 8.10. The number of nitrogens with one attached hydrogen (secondary N) is 2. The molecule has 2 N–H and O–H groups in total. The van der Waals surface area contributed by atoms with Crippen molar-refractivity contribution in [1.82, 2.24) is 9.62 Å². The number of para-hydroxylation sites is 1. The van der Waals surface area contributed by atoms with Gasteiger partial charge in [-0.3, -0.25) is 4.79 Å². The van der Waals surface area contributed by atoms with Gasteiger partial charge >= 0.3 is 6.03 Å². The number of Topliss-reactive ketones (excluding diaryl/α,β-unsaturated/α-hetero) is 1. The van der Waals surface area contributed by atoms with Crippen molar-refractivity contribution in [1.29, 1.82) is 0 Å². The molecule has 1 heterocycles. The largest absolute Gasteiger partial charge is 0.323 e. The molecule has 1 aromatic carbocycles. The molecular weight excluding hydrogens is 326 g/mol. The van der Waals surface area contributed by atoms with Crippen LogP contribution in [-0.4, -0.2) is 43.2 Å². The Labute approximate surface area is 132 Å². The number of benzene rings is 1. The molecule has 0 spiro atoms. The van der Waals surface area contributed by atoms with Crippen LogP contribution in [-0.2, 0) is 14.8 Å². The van der Waals surface area contributed by atoms with Crippen LogP contribution in [0.1, 0.15) is 0 Å². The van der Waals surface area contributed by atoms with Gasteiger partial charge in [-0.15, -0.1) is 11.8 Å². The molecule has 0 saturated heterocycles. The zero-order chi connectivity index (χ0) is 16.3. The summed E-state index contributed by atoms with van der Waals surface area (Å²) in [6.45, 7) is 0. The number of allylic oxidation sites excluding steroid dienone is 1. The Morgan fingerprint density at radius 3 is 2.41 bits per heavy atom. The van der Waals surface area contributed by atoms with E-state index in [9.17, 15) is 18.0 Å². The lowest BCUT2D eigenvalue weighted by Gasteiger charge is -2.16. The predicted octanol–water partition coefficient (Wildman–Crippen LogP) is 1.18. The molecule has 0 bridgehead atoms. The fraction of sp³-hybridized carbons (Fsp3) is 0.231. The highest BCUT2D eigenvalue weighted by atomic mass is 32.3. The lowest BCUT2D eigenvalue weighted by Crippen LogP contribution is -2.38. The normalized spacial score (nSPS) is 18.2. The first-order chi connectivity index (χ1) is 10.3. The van der Waals surface area contributed by atoms with E-state index in [-0.39, 0.29) is 5.70 Å². The molecule has 9 heteroatoms. The standard InChI is InChI=1S/C13H15N3O4S2/c1-16(2)22(19,20)12-11(17)10(8-21-12)15-13(18)14-9-6-4-3-5-7-9/h3-8,12H,1-2H3,(H2,14,15,18). The molecule has 1 aromatic rings. The summed E-state index contributed by atoms with van der Waals surface area (Å²) in [6.07, 6.45) is 0. The summed E-state index contributed by atoms with van der Waals surface area (Å²) in [5.74, 6) is -0.637.